The number of nitrogens with one attached hydrogen (secondary N) is 2. The van der Waals surface area contributed by atoms with Gasteiger partial charge in [-0.2, -0.15) is 0 Å². The molecule has 0 unspecified atom stereocenters. The summed E-state index contributed by atoms with van der Waals surface area (Å²) in [6, 6.07) is 8.64. The zero-order chi connectivity index (χ0) is 11.9. The first-order chi connectivity index (χ1) is 8.28. The third-order valence-electron chi connectivity index (χ3n) is 4.25. The fourth-order valence-electron chi connectivity index (χ4n) is 3.48. The molecule has 90 valence electrons. The first kappa shape index (κ1) is 10.8. The lowest BCUT2D eigenvalue weighted by Crippen LogP contribution is -2.50. The van der Waals surface area contributed by atoms with Gasteiger partial charge < -0.3 is 10.6 Å². The molecule has 1 heterocycles. The molecule has 0 bridgehead atoms. The van der Waals surface area contributed by atoms with Crippen molar-refractivity contribution in [1.29, 1.82) is 0 Å². The van der Waals surface area contributed by atoms with E-state index >= 15 is 0 Å². The van der Waals surface area contributed by atoms with Crippen molar-refractivity contribution >= 4 is 5.91 Å². The van der Waals surface area contributed by atoms with Gasteiger partial charge >= 0.3 is 0 Å². The largest absolute Gasteiger partial charge is 0.359 e. The number of hydrogen-bond donors (Lipinski definition) is 2. The molecule has 2 N–H and O–H groups in total. The van der Waals surface area contributed by atoms with Crippen LogP contribution in [0.25, 0.3) is 0 Å². The lowest BCUT2D eigenvalue weighted by atomic mass is 9.73. The maximum Gasteiger partial charge on any atom is 0.228 e. The topological polar surface area (TPSA) is 41.1 Å². The molecule has 0 radical (unpaired) electrons. The molecule has 0 saturated carbocycles. The maximum absolute atomic E-state index is 12.3. The fraction of sp³-hybridized carbons (Fsp3) is 0.500. The summed E-state index contributed by atoms with van der Waals surface area (Å²) in [6.07, 6.45) is 2.94. The van der Waals surface area contributed by atoms with Crippen molar-refractivity contribution in [2.45, 2.75) is 25.3 Å². The average molecular weight is 230 g/mol. The molecule has 3 heteroatoms. The van der Waals surface area contributed by atoms with Crippen molar-refractivity contribution < 1.29 is 4.79 Å². The van der Waals surface area contributed by atoms with Crippen LogP contribution in [0.1, 0.15) is 30.0 Å². The van der Waals surface area contributed by atoms with Crippen LogP contribution < -0.4 is 10.6 Å². The number of carbonyl (C=O) groups excluding carboxylic acids is 1. The fourth-order valence-corrected chi connectivity index (χ4v) is 3.48. The Morgan fingerprint density at radius 3 is 3.12 bits per heavy atom. The summed E-state index contributed by atoms with van der Waals surface area (Å²) >= 11 is 0. The standard InChI is InChI=1S/C14H18N2O/c1-15-13(17)14-7-4-8-16-12(14)11-6-3-2-5-10(11)9-14/h2-3,5-6,12,16H,4,7-9H2,1H3,(H,15,17)/t12-,14-/m0/s1. The zero-order valence-electron chi connectivity index (χ0n) is 10.1. The highest BCUT2D eigenvalue weighted by atomic mass is 16.2. The number of fused-ring (bicyclic) bond motifs is 3. The Balaban J connectivity index is 2.07. The highest BCUT2D eigenvalue weighted by Gasteiger charge is 2.51. The van der Waals surface area contributed by atoms with Gasteiger partial charge in [-0.05, 0) is 36.9 Å². The summed E-state index contributed by atoms with van der Waals surface area (Å²) in [5, 5.41) is 6.39. The minimum atomic E-state index is -0.253. The number of piperidine rings is 1. The van der Waals surface area contributed by atoms with E-state index in [1.807, 2.05) is 0 Å². The second kappa shape index (κ2) is 3.84. The third kappa shape index (κ3) is 1.42. The van der Waals surface area contributed by atoms with Gasteiger partial charge in [-0.3, -0.25) is 4.79 Å². The van der Waals surface area contributed by atoms with Crippen LogP contribution in [0.5, 0.6) is 0 Å². The molecule has 1 aromatic rings. The number of benzene rings is 1. The molecule has 1 saturated heterocycles. The molecular formula is C14H18N2O. The van der Waals surface area contributed by atoms with E-state index in [4.69, 9.17) is 0 Å². The van der Waals surface area contributed by atoms with Crippen LogP contribution >= 0.6 is 0 Å². The van der Waals surface area contributed by atoms with E-state index < -0.39 is 0 Å². The summed E-state index contributed by atoms with van der Waals surface area (Å²) in [5.41, 5.74) is 2.39. The summed E-state index contributed by atoms with van der Waals surface area (Å²) in [6.45, 7) is 1.01. The van der Waals surface area contributed by atoms with Crippen LogP contribution in [0.3, 0.4) is 0 Å². The molecule has 2 aliphatic rings. The number of hydrogen-bond acceptors (Lipinski definition) is 2. The van der Waals surface area contributed by atoms with Gasteiger partial charge in [-0.25, -0.2) is 0 Å². The van der Waals surface area contributed by atoms with Gasteiger partial charge in [0.1, 0.15) is 0 Å². The Labute approximate surface area is 102 Å². The monoisotopic (exact) mass is 230 g/mol. The molecule has 1 amide bonds. The Bertz CT molecular complexity index is 457. The van der Waals surface area contributed by atoms with Gasteiger partial charge in [0.05, 0.1) is 5.41 Å². The average Bonchev–Trinajstić information content (AvgIpc) is 2.73. The van der Waals surface area contributed by atoms with Gasteiger partial charge in [0, 0.05) is 13.1 Å². The first-order valence-electron chi connectivity index (χ1n) is 6.31. The lowest BCUT2D eigenvalue weighted by Gasteiger charge is -2.38. The van der Waals surface area contributed by atoms with Crippen LogP contribution in [0.4, 0.5) is 0 Å². The van der Waals surface area contributed by atoms with Crippen molar-refractivity contribution in [2.75, 3.05) is 13.6 Å². The Hall–Kier alpha value is -1.35. The molecule has 1 aliphatic carbocycles. The summed E-state index contributed by atoms with van der Waals surface area (Å²) in [4.78, 5) is 12.3. The van der Waals surface area contributed by atoms with Crippen molar-refractivity contribution in [2.24, 2.45) is 5.41 Å². The second-order valence-corrected chi connectivity index (χ2v) is 5.10. The summed E-state index contributed by atoms with van der Waals surface area (Å²) < 4.78 is 0. The van der Waals surface area contributed by atoms with E-state index in [1.54, 1.807) is 7.05 Å². The van der Waals surface area contributed by atoms with Crippen molar-refractivity contribution in [3.8, 4) is 0 Å². The normalized spacial score (nSPS) is 30.5. The molecule has 1 fully saturated rings. The van der Waals surface area contributed by atoms with E-state index in [0.717, 1.165) is 25.8 Å². The molecule has 3 nitrogen and oxygen atoms in total. The molecule has 1 aliphatic heterocycles. The van der Waals surface area contributed by atoms with E-state index in [2.05, 4.69) is 34.9 Å². The van der Waals surface area contributed by atoms with Crippen LogP contribution in [0, 0.1) is 5.41 Å². The summed E-state index contributed by atoms with van der Waals surface area (Å²) in [5.74, 6) is 0.186. The Morgan fingerprint density at radius 2 is 2.29 bits per heavy atom. The summed E-state index contributed by atoms with van der Waals surface area (Å²) in [7, 11) is 1.74. The Kier molecular flexibility index (Phi) is 2.44. The predicted octanol–water partition coefficient (Wildman–Crippen LogP) is 1.40. The van der Waals surface area contributed by atoms with Crippen molar-refractivity contribution in [1.82, 2.24) is 10.6 Å². The smallest absolute Gasteiger partial charge is 0.228 e. The minimum Gasteiger partial charge on any atom is -0.359 e. The first-order valence-corrected chi connectivity index (χ1v) is 6.31. The zero-order valence-corrected chi connectivity index (χ0v) is 10.1. The van der Waals surface area contributed by atoms with Gasteiger partial charge in [0.15, 0.2) is 0 Å². The van der Waals surface area contributed by atoms with Gasteiger partial charge in [0.2, 0.25) is 5.91 Å². The van der Waals surface area contributed by atoms with Gasteiger partial charge in [-0.15, -0.1) is 0 Å². The molecule has 3 rings (SSSR count). The van der Waals surface area contributed by atoms with Crippen LogP contribution in [0.15, 0.2) is 24.3 Å². The quantitative estimate of drug-likeness (QED) is 0.765. The SMILES string of the molecule is CNC(=O)[C@]12CCCN[C@H]1c1ccccc1C2. The number of rotatable bonds is 1. The van der Waals surface area contributed by atoms with E-state index in [1.165, 1.54) is 11.1 Å². The lowest BCUT2D eigenvalue weighted by molar-refractivity contribution is -0.133. The highest BCUT2D eigenvalue weighted by Crippen LogP contribution is 2.50. The highest BCUT2D eigenvalue weighted by molar-refractivity contribution is 5.85. The number of amides is 1. The van der Waals surface area contributed by atoms with E-state index in [-0.39, 0.29) is 17.4 Å². The molecule has 0 aromatic heterocycles. The predicted molar refractivity (Wildman–Crippen MR) is 66.6 cm³/mol. The van der Waals surface area contributed by atoms with Crippen LogP contribution in [0.2, 0.25) is 0 Å². The second-order valence-electron chi connectivity index (χ2n) is 5.10. The minimum absolute atomic E-state index is 0.186. The van der Waals surface area contributed by atoms with Crippen molar-refractivity contribution in [3.05, 3.63) is 35.4 Å². The van der Waals surface area contributed by atoms with Gasteiger partial charge in [0.25, 0.3) is 0 Å². The molecule has 1 aromatic carbocycles. The maximum atomic E-state index is 12.3. The van der Waals surface area contributed by atoms with Crippen LogP contribution in [-0.2, 0) is 11.2 Å². The molecule has 17 heavy (non-hydrogen) atoms. The van der Waals surface area contributed by atoms with E-state index in [0.29, 0.717) is 0 Å². The van der Waals surface area contributed by atoms with Crippen molar-refractivity contribution in [3.63, 3.8) is 0 Å². The molecular weight excluding hydrogens is 212 g/mol. The molecule has 0 spiro atoms. The Morgan fingerprint density at radius 1 is 1.47 bits per heavy atom. The van der Waals surface area contributed by atoms with E-state index in [9.17, 15) is 4.79 Å². The third-order valence-corrected chi connectivity index (χ3v) is 4.25. The van der Waals surface area contributed by atoms with Crippen LogP contribution in [-0.4, -0.2) is 19.5 Å². The molecule has 2 atom stereocenters. The van der Waals surface area contributed by atoms with Gasteiger partial charge in [-0.1, -0.05) is 24.3 Å². The number of carbonyl (C=O) groups is 1.